The van der Waals surface area contributed by atoms with E-state index in [4.69, 9.17) is 0 Å². The van der Waals surface area contributed by atoms with Crippen LogP contribution < -0.4 is 5.32 Å². The number of amides is 2. The van der Waals surface area contributed by atoms with Crippen molar-refractivity contribution in [2.45, 2.75) is 51.5 Å². The van der Waals surface area contributed by atoms with E-state index in [1.165, 1.54) is 12.1 Å². The van der Waals surface area contributed by atoms with Gasteiger partial charge in [-0.15, -0.1) is 0 Å². The predicted octanol–water partition coefficient (Wildman–Crippen LogP) is 3.24. The monoisotopic (exact) mass is 400 g/mol. The van der Waals surface area contributed by atoms with Crippen molar-refractivity contribution >= 4 is 27.5 Å². The van der Waals surface area contributed by atoms with Crippen molar-refractivity contribution in [2.75, 3.05) is 5.32 Å². The molecule has 2 amide bonds. The first kappa shape index (κ1) is 20.1. The molecule has 1 atom stereocenters. The van der Waals surface area contributed by atoms with E-state index in [1.54, 1.807) is 12.1 Å². The van der Waals surface area contributed by atoms with Crippen LogP contribution in [0.3, 0.4) is 0 Å². The molecule has 148 valence electrons. The third-order valence-corrected chi connectivity index (χ3v) is 6.96. The van der Waals surface area contributed by atoms with Crippen LogP contribution >= 0.6 is 0 Å². The van der Waals surface area contributed by atoms with E-state index in [9.17, 15) is 18.0 Å². The largest absolute Gasteiger partial charge is 0.324 e. The highest BCUT2D eigenvalue weighted by molar-refractivity contribution is 7.89. The quantitative estimate of drug-likeness (QED) is 0.854. The first-order chi connectivity index (χ1) is 13.1. The fraction of sp³-hybridized carbons (Fsp3) is 0.333. The molecule has 1 N–H and O–H groups in total. The molecule has 1 aliphatic heterocycles. The molecule has 0 bridgehead atoms. The molecule has 1 saturated heterocycles. The maximum absolute atomic E-state index is 13.1. The zero-order valence-corrected chi connectivity index (χ0v) is 17.3. The number of hydrogen-bond acceptors (Lipinski definition) is 4. The van der Waals surface area contributed by atoms with Gasteiger partial charge in [-0.05, 0) is 69.0 Å². The first-order valence-corrected chi connectivity index (χ1v) is 10.6. The second-order valence-electron chi connectivity index (χ2n) is 7.30. The van der Waals surface area contributed by atoms with Gasteiger partial charge in [0.1, 0.15) is 6.04 Å². The lowest BCUT2D eigenvalue weighted by molar-refractivity contribution is -0.128. The number of aryl methyl sites for hydroxylation is 4. The van der Waals surface area contributed by atoms with Crippen LogP contribution in [-0.4, -0.2) is 30.6 Å². The molecule has 3 rings (SSSR count). The second-order valence-corrected chi connectivity index (χ2v) is 9.12. The molecule has 0 aliphatic carbocycles. The van der Waals surface area contributed by atoms with Crippen LogP contribution in [0.2, 0.25) is 0 Å². The molecular weight excluding hydrogens is 376 g/mol. The molecule has 1 aliphatic rings. The molecule has 28 heavy (non-hydrogen) atoms. The normalized spacial score (nSPS) is 17.1. The van der Waals surface area contributed by atoms with E-state index >= 15 is 0 Å². The topological polar surface area (TPSA) is 83.6 Å². The zero-order valence-electron chi connectivity index (χ0n) is 16.4. The van der Waals surface area contributed by atoms with Gasteiger partial charge in [0.05, 0.1) is 4.90 Å². The molecule has 7 heteroatoms. The van der Waals surface area contributed by atoms with Crippen LogP contribution in [0.4, 0.5) is 5.69 Å². The third kappa shape index (κ3) is 3.67. The Hall–Kier alpha value is -2.67. The van der Waals surface area contributed by atoms with Crippen molar-refractivity contribution in [1.82, 2.24) is 4.31 Å². The van der Waals surface area contributed by atoms with Gasteiger partial charge in [-0.25, -0.2) is 12.7 Å². The summed E-state index contributed by atoms with van der Waals surface area (Å²) in [7, 11) is -4.11. The van der Waals surface area contributed by atoms with Gasteiger partial charge in [0.15, 0.2) is 0 Å². The van der Waals surface area contributed by atoms with Gasteiger partial charge in [0.25, 0.3) is 10.0 Å². The number of carbonyl (C=O) groups is 2. The fourth-order valence-electron chi connectivity index (χ4n) is 3.36. The van der Waals surface area contributed by atoms with Crippen LogP contribution in [0, 0.1) is 27.7 Å². The van der Waals surface area contributed by atoms with E-state index in [2.05, 4.69) is 5.32 Å². The highest BCUT2D eigenvalue weighted by Crippen LogP contribution is 2.29. The molecule has 0 spiro atoms. The summed E-state index contributed by atoms with van der Waals surface area (Å²) in [5.74, 6) is -1.05. The van der Waals surface area contributed by atoms with Gasteiger partial charge in [-0.3, -0.25) is 9.59 Å². The maximum atomic E-state index is 13.1. The minimum Gasteiger partial charge on any atom is -0.324 e. The number of carbonyl (C=O) groups excluding carboxylic acids is 2. The molecule has 0 unspecified atom stereocenters. The van der Waals surface area contributed by atoms with E-state index < -0.39 is 27.9 Å². The fourth-order valence-corrected chi connectivity index (χ4v) is 5.05. The van der Waals surface area contributed by atoms with Crippen LogP contribution in [0.5, 0.6) is 0 Å². The summed E-state index contributed by atoms with van der Waals surface area (Å²) < 4.78 is 27.0. The van der Waals surface area contributed by atoms with Gasteiger partial charge < -0.3 is 5.32 Å². The van der Waals surface area contributed by atoms with Gasteiger partial charge in [-0.1, -0.05) is 23.8 Å². The van der Waals surface area contributed by atoms with E-state index in [0.717, 1.165) is 26.6 Å². The molecule has 0 saturated carbocycles. The van der Waals surface area contributed by atoms with Gasteiger partial charge >= 0.3 is 0 Å². The Morgan fingerprint density at radius 3 is 2.36 bits per heavy atom. The van der Waals surface area contributed by atoms with Gasteiger partial charge in [0.2, 0.25) is 11.8 Å². The van der Waals surface area contributed by atoms with E-state index in [-0.39, 0.29) is 17.7 Å². The molecule has 0 aromatic heterocycles. The Labute approximate surface area is 165 Å². The minimum absolute atomic E-state index is 0.0229. The summed E-state index contributed by atoms with van der Waals surface area (Å²) in [6.07, 6.45) is 0.189. The molecule has 2 aromatic carbocycles. The highest BCUT2D eigenvalue weighted by atomic mass is 32.2. The van der Waals surface area contributed by atoms with E-state index in [0.29, 0.717) is 5.69 Å². The molecule has 2 aromatic rings. The number of anilines is 1. The molecular formula is C21H24N2O4S. The lowest BCUT2D eigenvalue weighted by Gasteiger charge is -2.24. The summed E-state index contributed by atoms with van der Waals surface area (Å²) >= 11 is 0. The van der Waals surface area contributed by atoms with Crippen molar-refractivity contribution in [2.24, 2.45) is 0 Å². The summed E-state index contributed by atoms with van der Waals surface area (Å²) in [4.78, 5) is 25.3. The SMILES string of the molecule is Cc1ccc(NC(=O)[C@H]2CCC(=O)N2S(=O)(=O)c2ccc(C)c(C)c2)c(C)c1. The van der Waals surface area contributed by atoms with Crippen LogP contribution in [-0.2, 0) is 19.6 Å². The minimum atomic E-state index is -4.11. The molecule has 0 radical (unpaired) electrons. The van der Waals surface area contributed by atoms with Crippen molar-refractivity contribution in [3.05, 3.63) is 58.7 Å². The lowest BCUT2D eigenvalue weighted by atomic mass is 10.1. The third-order valence-electron chi connectivity index (χ3n) is 5.14. The lowest BCUT2D eigenvalue weighted by Crippen LogP contribution is -2.45. The van der Waals surface area contributed by atoms with Crippen molar-refractivity contribution in [3.8, 4) is 0 Å². The number of hydrogen-bond donors (Lipinski definition) is 1. The highest BCUT2D eigenvalue weighted by Gasteiger charge is 2.44. The first-order valence-electron chi connectivity index (χ1n) is 9.14. The molecule has 1 fully saturated rings. The molecule has 6 nitrogen and oxygen atoms in total. The van der Waals surface area contributed by atoms with Crippen LogP contribution in [0.15, 0.2) is 41.3 Å². The number of rotatable bonds is 4. The Kier molecular flexibility index (Phi) is 5.30. The zero-order chi connectivity index (χ0) is 20.6. The Bertz CT molecular complexity index is 1060. The predicted molar refractivity (Wildman–Crippen MR) is 108 cm³/mol. The Morgan fingerprint density at radius 2 is 1.71 bits per heavy atom. The average Bonchev–Trinajstić information content (AvgIpc) is 3.02. The maximum Gasteiger partial charge on any atom is 0.267 e. The summed E-state index contributed by atoms with van der Waals surface area (Å²) in [5.41, 5.74) is 4.31. The Balaban J connectivity index is 1.92. The summed E-state index contributed by atoms with van der Waals surface area (Å²) in [5, 5.41) is 2.78. The Morgan fingerprint density at radius 1 is 1.00 bits per heavy atom. The molecule has 1 heterocycles. The number of nitrogens with one attached hydrogen (secondary N) is 1. The summed E-state index contributed by atoms with van der Waals surface area (Å²) in [6, 6.07) is 9.23. The van der Waals surface area contributed by atoms with Gasteiger partial charge in [0, 0.05) is 12.1 Å². The van der Waals surface area contributed by atoms with Crippen molar-refractivity contribution in [1.29, 1.82) is 0 Å². The number of sulfonamides is 1. The van der Waals surface area contributed by atoms with Crippen LogP contribution in [0.25, 0.3) is 0 Å². The summed E-state index contributed by atoms with van der Waals surface area (Å²) in [6.45, 7) is 7.51. The van der Waals surface area contributed by atoms with E-state index in [1.807, 2.05) is 39.8 Å². The number of nitrogens with zero attached hydrogens (tertiary/aromatic N) is 1. The second kappa shape index (κ2) is 7.39. The standard InChI is InChI=1S/C21H24N2O4S/c1-13-5-8-18(16(4)11-13)22-21(25)19-9-10-20(24)23(19)28(26,27)17-7-6-14(2)15(3)12-17/h5-8,11-12,19H,9-10H2,1-4H3,(H,22,25)/t19-/m1/s1. The van der Waals surface area contributed by atoms with Crippen LogP contribution in [0.1, 0.15) is 35.1 Å². The van der Waals surface area contributed by atoms with Crippen molar-refractivity contribution < 1.29 is 18.0 Å². The number of benzene rings is 2. The average molecular weight is 401 g/mol. The van der Waals surface area contributed by atoms with Gasteiger partial charge in [-0.2, -0.15) is 0 Å². The van der Waals surface area contributed by atoms with Crippen molar-refractivity contribution in [3.63, 3.8) is 0 Å². The smallest absolute Gasteiger partial charge is 0.267 e.